The van der Waals surface area contributed by atoms with Gasteiger partial charge in [0.2, 0.25) is 0 Å². The second kappa shape index (κ2) is 4.61. The van der Waals surface area contributed by atoms with Crippen LogP contribution in [-0.4, -0.2) is 36.2 Å². The number of aromatic nitrogens is 1. The fraction of sp³-hybridized carbons (Fsp3) is 0.600. The first kappa shape index (κ1) is 10.4. The zero-order valence-electron chi connectivity index (χ0n) is 8.68. The summed E-state index contributed by atoms with van der Waals surface area (Å²) < 4.78 is 4.72. The van der Waals surface area contributed by atoms with E-state index in [0.717, 1.165) is 31.6 Å². The molecule has 1 fully saturated rings. The molecule has 0 spiro atoms. The first-order valence-corrected chi connectivity index (χ1v) is 5.96. The minimum absolute atomic E-state index is 0.227. The van der Waals surface area contributed by atoms with Crippen molar-refractivity contribution in [3.8, 4) is 0 Å². The molecule has 0 aromatic carbocycles. The number of amides is 1. The van der Waals surface area contributed by atoms with Gasteiger partial charge < -0.3 is 9.64 Å². The summed E-state index contributed by atoms with van der Waals surface area (Å²) in [5.41, 5.74) is 2.94. The van der Waals surface area contributed by atoms with Crippen molar-refractivity contribution < 1.29 is 9.53 Å². The lowest BCUT2D eigenvalue weighted by atomic mass is 9.96. The van der Waals surface area contributed by atoms with E-state index in [1.165, 1.54) is 7.11 Å². The molecule has 1 aromatic rings. The number of carbonyl (C=O) groups excluding carboxylic acids is 1. The van der Waals surface area contributed by atoms with Crippen LogP contribution in [0.1, 0.15) is 24.5 Å². The zero-order chi connectivity index (χ0) is 10.7. The van der Waals surface area contributed by atoms with Gasteiger partial charge in [0, 0.05) is 24.4 Å². The van der Waals surface area contributed by atoms with E-state index >= 15 is 0 Å². The van der Waals surface area contributed by atoms with Gasteiger partial charge in [0.15, 0.2) is 0 Å². The largest absolute Gasteiger partial charge is 0.453 e. The van der Waals surface area contributed by atoms with Crippen LogP contribution in [0.5, 0.6) is 0 Å². The first-order valence-electron chi connectivity index (χ1n) is 5.02. The summed E-state index contributed by atoms with van der Waals surface area (Å²) in [5.74, 6) is 0.379. The van der Waals surface area contributed by atoms with Crippen molar-refractivity contribution in [1.82, 2.24) is 9.88 Å². The molecule has 1 aliphatic rings. The van der Waals surface area contributed by atoms with Gasteiger partial charge in [-0.05, 0) is 12.8 Å². The maximum atomic E-state index is 11.4. The monoisotopic (exact) mass is 226 g/mol. The summed E-state index contributed by atoms with van der Waals surface area (Å²) in [6.07, 6.45) is 1.91. The topological polar surface area (TPSA) is 42.4 Å². The molecule has 0 radical (unpaired) electrons. The summed E-state index contributed by atoms with van der Waals surface area (Å²) >= 11 is 1.60. The maximum Gasteiger partial charge on any atom is 0.409 e. The Bertz CT molecular complexity index is 326. The summed E-state index contributed by atoms with van der Waals surface area (Å²) in [6, 6.07) is 0. The normalized spacial score (nSPS) is 21.4. The Labute approximate surface area is 92.9 Å². The van der Waals surface area contributed by atoms with Gasteiger partial charge in [0.25, 0.3) is 0 Å². The number of likely N-dealkylation sites (tertiary alicyclic amines) is 1. The molecule has 1 saturated heterocycles. The minimum atomic E-state index is -0.227. The Hall–Kier alpha value is -1.10. The number of hydrogen-bond acceptors (Lipinski definition) is 4. The van der Waals surface area contributed by atoms with Gasteiger partial charge in [-0.15, -0.1) is 11.3 Å². The van der Waals surface area contributed by atoms with Gasteiger partial charge in [-0.25, -0.2) is 9.78 Å². The number of nitrogens with zero attached hydrogens (tertiary/aromatic N) is 2. The molecule has 2 heterocycles. The quantitative estimate of drug-likeness (QED) is 0.736. The predicted molar refractivity (Wildman–Crippen MR) is 58.1 cm³/mol. The van der Waals surface area contributed by atoms with Crippen molar-refractivity contribution in [2.24, 2.45) is 0 Å². The molecule has 1 amide bonds. The molecule has 82 valence electrons. The van der Waals surface area contributed by atoms with Crippen molar-refractivity contribution in [3.63, 3.8) is 0 Å². The average molecular weight is 226 g/mol. The Morgan fingerprint density at radius 3 is 3.27 bits per heavy atom. The van der Waals surface area contributed by atoms with Gasteiger partial charge in [-0.1, -0.05) is 0 Å². The number of thiazole rings is 1. The van der Waals surface area contributed by atoms with E-state index < -0.39 is 0 Å². The highest BCUT2D eigenvalue weighted by Crippen LogP contribution is 2.26. The van der Waals surface area contributed by atoms with E-state index in [4.69, 9.17) is 4.74 Å². The average Bonchev–Trinajstić information content (AvgIpc) is 2.82. The van der Waals surface area contributed by atoms with Crippen LogP contribution in [0.25, 0.3) is 0 Å². The van der Waals surface area contributed by atoms with E-state index in [0.29, 0.717) is 5.92 Å². The molecule has 0 aliphatic carbocycles. The summed E-state index contributed by atoms with van der Waals surface area (Å²) in [4.78, 5) is 17.4. The van der Waals surface area contributed by atoms with Gasteiger partial charge in [-0.3, -0.25) is 0 Å². The summed E-state index contributed by atoms with van der Waals surface area (Å²) in [7, 11) is 1.43. The molecule has 15 heavy (non-hydrogen) atoms. The van der Waals surface area contributed by atoms with Gasteiger partial charge in [-0.2, -0.15) is 0 Å². The van der Waals surface area contributed by atoms with E-state index in [2.05, 4.69) is 10.4 Å². The van der Waals surface area contributed by atoms with Crippen LogP contribution in [0.2, 0.25) is 0 Å². The second-order valence-corrected chi connectivity index (χ2v) is 4.39. The highest BCUT2D eigenvalue weighted by molar-refractivity contribution is 7.07. The highest BCUT2D eigenvalue weighted by Gasteiger charge is 2.25. The number of piperidine rings is 1. The number of carbonyl (C=O) groups is 1. The third-order valence-electron chi connectivity index (χ3n) is 2.72. The third-order valence-corrected chi connectivity index (χ3v) is 3.33. The Kier molecular flexibility index (Phi) is 3.20. The first-order chi connectivity index (χ1) is 7.31. The lowest BCUT2D eigenvalue weighted by molar-refractivity contribution is 0.110. The van der Waals surface area contributed by atoms with E-state index in [-0.39, 0.29) is 6.09 Å². The van der Waals surface area contributed by atoms with E-state index in [9.17, 15) is 4.79 Å². The Morgan fingerprint density at radius 2 is 2.60 bits per heavy atom. The smallest absolute Gasteiger partial charge is 0.409 e. The molecule has 5 heteroatoms. The SMILES string of the molecule is COC(=O)N1CCCC(c2cscn2)C1. The molecule has 0 N–H and O–H groups in total. The highest BCUT2D eigenvalue weighted by atomic mass is 32.1. The van der Waals surface area contributed by atoms with Crippen LogP contribution in [0.15, 0.2) is 10.9 Å². The molecule has 1 aliphatic heterocycles. The van der Waals surface area contributed by atoms with E-state index in [1.54, 1.807) is 16.2 Å². The van der Waals surface area contributed by atoms with Crippen molar-refractivity contribution in [2.45, 2.75) is 18.8 Å². The lowest BCUT2D eigenvalue weighted by Gasteiger charge is -2.30. The number of ether oxygens (including phenoxy) is 1. The van der Waals surface area contributed by atoms with Crippen LogP contribution >= 0.6 is 11.3 Å². The number of rotatable bonds is 1. The van der Waals surface area contributed by atoms with Crippen LogP contribution in [0.3, 0.4) is 0 Å². The van der Waals surface area contributed by atoms with Crippen molar-refractivity contribution in [1.29, 1.82) is 0 Å². The second-order valence-electron chi connectivity index (χ2n) is 3.67. The summed E-state index contributed by atoms with van der Waals surface area (Å²) in [6.45, 7) is 1.53. The van der Waals surface area contributed by atoms with Gasteiger partial charge >= 0.3 is 6.09 Å². The molecule has 1 unspecified atom stereocenters. The summed E-state index contributed by atoms with van der Waals surface area (Å²) in [5, 5.41) is 2.06. The number of hydrogen-bond donors (Lipinski definition) is 0. The number of methoxy groups -OCH3 is 1. The molecule has 4 nitrogen and oxygen atoms in total. The molecule has 1 aromatic heterocycles. The third kappa shape index (κ3) is 2.28. The molecule has 0 bridgehead atoms. The molecule has 2 rings (SSSR count). The van der Waals surface area contributed by atoms with Crippen LogP contribution in [0, 0.1) is 0 Å². The maximum absolute atomic E-state index is 11.4. The van der Waals surface area contributed by atoms with Crippen molar-refractivity contribution in [2.75, 3.05) is 20.2 Å². The molecule has 1 atom stereocenters. The molecular weight excluding hydrogens is 212 g/mol. The molecule has 0 saturated carbocycles. The molecular formula is C10H14N2O2S. The van der Waals surface area contributed by atoms with Crippen molar-refractivity contribution in [3.05, 3.63) is 16.6 Å². The fourth-order valence-electron chi connectivity index (χ4n) is 1.94. The predicted octanol–water partition coefficient (Wildman–Crippen LogP) is 2.09. The lowest BCUT2D eigenvalue weighted by Crippen LogP contribution is -2.39. The van der Waals surface area contributed by atoms with Gasteiger partial charge in [0.1, 0.15) is 0 Å². The minimum Gasteiger partial charge on any atom is -0.453 e. The Balaban J connectivity index is 2.01. The van der Waals surface area contributed by atoms with Crippen molar-refractivity contribution >= 4 is 17.4 Å². The van der Waals surface area contributed by atoms with Gasteiger partial charge in [0.05, 0.1) is 18.3 Å². The van der Waals surface area contributed by atoms with E-state index in [1.807, 2.05) is 5.51 Å². The van der Waals surface area contributed by atoms with Crippen LogP contribution < -0.4 is 0 Å². The Morgan fingerprint density at radius 1 is 1.73 bits per heavy atom. The standard InChI is InChI=1S/C10H14N2O2S/c1-14-10(13)12-4-2-3-8(5-12)9-6-15-7-11-9/h6-8H,2-5H2,1H3. The fourth-order valence-corrected chi connectivity index (χ4v) is 2.57. The van der Waals surface area contributed by atoms with Crippen LogP contribution in [-0.2, 0) is 4.74 Å². The van der Waals surface area contributed by atoms with Crippen LogP contribution in [0.4, 0.5) is 4.79 Å². The zero-order valence-corrected chi connectivity index (χ0v) is 9.50.